The Morgan fingerprint density at radius 1 is 1.29 bits per heavy atom. The van der Waals surface area contributed by atoms with Crippen molar-refractivity contribution in [1.29, 1.82) is 0 Å². The zero-order valence-corrected chi connectivity index (χ0v) is 12.4. The highest BCUT2D eigenvalue weighted by atomic mass is 32.2. The fourth-order valence-corrected chi connectivity index (χ4v) is 3.11. The first-order valence-electron chi connectivity index (χ1n) is 6.43. The highest BCUT2D eigenvalue weighted by Crippen LogP contribution is 2.20. The van der Waals surface area contributed by atoms with Crippen LogP contribution in [0.15, 0.2) is 17.0 Å². The minimum absolute atomic E-state index is 0.0394. The summed E-state index contributed by atoms with van der Waals surface area (Å²) in [4.78, 5) is 10.5. The molecule has 118 valence electrons. The lowest BCUT2D eigenvalue weighted by Crippen LogP contribution is -2.26. The fraction of sp³-hybridized carbons (Fsp3) is 0.462. The van der Waals surface area contributed by atoms with Crippen LogP contribution in [0.4, 0.5) is 4.39 Å². The number of benzene rings is 1. The Hall–Kier alpha value is -1.51. The number of rotatable bonds is 8. The molecular formula is C13H18FNO5S. The van der Waals surface area contributed by atoms with Gasteiger partial charge in [0.1, 0.15) is 5.82 Å². The molecule has 0 fully saturated rings. The van der Waals surface area contributed by atoms with Crippen LogP contribution in [0.5, 0.6) is 0 Å². The van der Waals surface area contributed by atoms with Gasteiger partial charge in [-0.1, -0.05) is 0 Å². The molecule has 21 heavy (non-hydrogen) atoms. The second-order valence-electron chi connectivity index (χ2n) is 4.57. The van der Waals surface area contributed by atoms with Crippen molar-refractivity contribution >= 4 is 16.0 Å². The van der Waals surface area contributed by atoms with Gasteiger partial charge in [0.25, 0.3) is 0 Å². The fourth-order valence-electron chi connectivity index (χ4n) is 1.75. The number of carbonyl (C=O) groups is 1. The minimum atomic E-state index is -3.97. The number of hydrogen-bond donors (Lipinski definition) is 3. The number of aromatic carboxylic acids is 1. The van der Waals surface area contributed by atoms with Crippen molar-refractivity contribution in [2.75, 3.05) is 13.2 Å². The number of aliphatic hydroxyl groups is 1. The highest BCUT2D eigenvalue weighted by molar-refractivity contribution is 7.89. The number of sulfonamides is 1. The van der Waals surface area contributed by atoms with Crippen LogP contribution in [-0.2, 0) is 10.0 Å². The predicted molar refractivity (Wildman–Crippen MR) is 74.2 cm³/mol. The first-order valence-corrected chi connectivity index (χ1v) is 7.92. The monoisotopic (exact) mass is 319 g/mol. The van der Waals surface area contributed by atoms with Crippen LogP contribution >= 0.6 is 0 Å². The number of carboxylic acids is 1. The van der Waals surface area contributed by atoms with Crippen molar-refractivity contribution < 1.29 is 27.8 Å². The topological polar surface area (TPSA) is 104 Å². The van der Waals surface area contributed by atoms with E-state index in [-0.39, 0.29) is 23.6 Å². The van der Waals surface area contributed by atoms with Gasteiger partial charge in [-0.2, -0.15) is 0 Å². The zero-order chi connectivity index (χ0) is 16.0. The number of nitrogens with one attached hydrogen (secondary N) is 1. The first kappa shape index (κ1) is 17.5. The van der Waals surface area contributed by atoms with Gasteiger partial charge >= 0.3 is 5.97 Å². The predicted octanol–water partition coefficient (Wildman–Crippen LogP) is 1.27. The van der Waals surface area contributed by atoms with Crippen molar-refractivity contribution in [2.24, 2.45) is 0 Å². The highest BCUT2D eigenvalue weighted by Gasteiger charge is 2.21. The third-order valence-corrected chi connectivity index (χ3v) is 4.55. The second kappa shape index (κ2) is 7.48. The van der Waals surface area contributed by atoms with Gasteiger partial charge in [-0.25, -0.2) is 22.3 Å². The van der Waals surface area contributed by atoms with Crippen molar-refractivity contribution in [2.45, 2.75) is 31.1 Å². The lowest BCUT2D eigenvalue weighted by molar-refractivity contribution is 0.0696. The SMILES string of the molecule is Cc1c(F)cc(C(=O)O)cc1S(=O)(=O)NCCCCCO. The van der Waals surface area contributed by atoms with E-state index in [1.807, 2.05) is 0 Å². The van der Waals surface area contributed by atoms with E-state index in [1.54, 1.807) is 0 Å². The van der Waals surface area contributed by atoms with E-state index < -0.39 is 27.4 Å². The number of carboxylic acid groups (broad SMARTS) is 1. The van der Waals surface area contributed by atoms with E-state index in [0.717, 1.165) is 12.1 Å². The molecule has 0 aromatic heterocycles. The summed E-state index contributed by atoms with van der Waals surface area (Å²) in [5, 5.41) is 17.5. The Kier molecular flexibility index (Phi) is 6.25. The lowest BCUT2D eigenvalue weighted by Gasteiger charge is -2.11. The summed E-state index contributed by atoms with van der Waals surface area (Å²) in [6.07, 6.45) is 1.76. The zero-order valence-electron chi connectivity index (χ0n) is 11.6. The van der Waals surface area contributed by atoms with Crippen LogP contribution < -0.4 is 4.72 Å². The minimum Gasteiger partial charge on any atom is -0.478 e. The van der Waals surface area contributed by atoms with Crippen LogP contribution in [0.1, 0.15) is 35.2 Å². The molecule has 0 radical (unpaired) electrons. The van der Waals surface area contributed by atoms with E-state index in [2.05, 4.69) is 4.72 Å². The van der Waals surface area contributed by atoms with Crippen molar-refractivity contribution in [3.63, 3.8) is 0 Å². The molecule has 3 N–H and O–H groups in total. The molecule has 0 heterocycles. The van der Waals surface area contributed by atoms with Gasteiger partial charge in [0.15, 0.2) is 0 Å². The number of aliphatic hydroxyl groups excluding tert-OH is 1. The number of unbranched alkanes of at least 4 members (excludes halogenated alkanes) is 2. The van der Waals surface area contributed by atoms with Crippen LogP contribution in [0.25, 0.3) is 0 Å². The normalized spacial score (nSPS) is 11.6. The van der Waals surface area contributed by atoms with Crippen molar-refractivity contribution in [3.05, 3.63) is 29.1 Å². The maximum atomic E-state index is 13.6. The third-order valence-electron chi connectivity index (χ3n) is 2.96. The second-order valence-corrected chi connectivity index (χ2v) is 6.30. The maximum absolute atomic E-state index is 13.6. The molecule has 0 spiro atoms. The Balaban J connectivity index is 2.94. The summed E-state index contributed by atoms with van der Waals surface area (Å²) in [5.74, 6) is -2.27. The quantitative estimate of drug-likeness (QED) is 0.626. The molecular weight excluding hydrogens is 301 g/mol. The van der Waals surface area contributed by atoms with Gasteiger partial charge in [0, 0.05) is 18.7 Å². The van der Waals surface area contributed by atoms with Gasteiger partial charge in [-0.05, 0) is 38.3 Å². The molecule has 0 saturated heterocycles. The van der Waals surface area contributed by atoms with E-state index >= 15 is 0 Å². The molecule has 0 amide bonds. The van der Waals surface area contributed by atoms with Gasteiger partial charge in [-0.15, -0.1) is 0 Å². The molecule has 1 aromatic rings. The van der Waals surface area contributed by atoms with E-state index in [4.69, 9.17) is 10.2 Å². The number of hydrogen-bond acceptors (Lipinski definition) is 4. The van der Waals surface area contributed by atoms with Gasteiger partial charge in [0.05, 0.1) is 10.5 Å². The van der Waals surface area contributed by atoms with Crippen molar-refractivity contribution in [3.8, 4) is 0 Å². The molecule has 8 heteroatoms. The van der Waals surface area contributed by atoms with Crippen molar-refractivity contribution in [1.82, 2.24) is 4.72 Å². The smallest absolute Gasteiger partial charge is 0.335 e. The molecule has 0 bridgehead atoms. The summed E-state index contributed by atoms with van der Waals surface area (Å²) >= 11 is 0. The molecule has 0 unspecified atom stereocenters. The first-order chi connectivity index (χ1) is 9.79. The van der Waals surface area contributed by atoms with Gasteiger partial charge in [-0.3, -0.25) is 0 Å². The van der Waals surface area contributed by atoms with Gasteiger partial charge < -0.3 is 10.2 Å². The molecule has 1 rings (SSSR count). The Labute approximate surface area is 122 Å². The summed E-state index contributed by atoms with van der Waals surface area (Å²) in [7, 11) is -3.97. The lowest BCUT2D eigenvalue weighted by atomic mass is 10.1. The summed E-state index contributed by atoms with van der Waals surface area (Å²) in [6, 6.07) is 1.73. The van der Waals surface area contributed by atoms with Crippen LogP contribution in [0.2, 0.25) is 0 Å². The number of halogens is 1. The molecule has 0 atom stereocenters. The molecule has 6 nitrogen and oxygen atoms in total. The molecule has 0 aliphatic rings. The largest absolute Gasteiger partial charge is 0.478 e. The Bertz CT molecular complexity index is 615. The third kappa shape index (κ3) is 4.76. The van der Waals surface area contributed by atoms with Gasteiger partial charge in [0.2, 0.25) is 10.0 Å². The van der Waals surface area contributed by atoms with Crippen LogP contribution in [0.3, 0.4) is 0 Å². The molecule has 0 saturated carbocycles. The molecule has 0 aliphatic heterocycles. The van der Waals surface area contributed by atoms with E-state index in [9.17, 15) is 17.6 Å². The summed E-state index contributed by atoms with van der Waals surface area (Å²) in [6.45, 7) is 1.46. The molecule has 1 aromatic carbocycles. The Morgan fingerprint density at radius 2 is 1.95 bits per heavy atom. The Morgan fingerprint density at radius 3 is 2.52 bits per heavy atom. The maximum Gasteiger partial charge on any atom is 0.335 e. The van der Waals surface area contributed by atoms with E-state index in [1.165, 1.54) is 6.92 Å². The van der Waals surface area contributed by atoms with Crippen LogP contribution in [-0.4, -0.2) is 37.8 Å². The molecule has 0 aliphatic carbocycles. The van der Waals surface area contributed by atoms with Crippen LogP contribution in [0, 0.1) is 12.7 Å². The summed E-state index contributed by atoms with van der Waals surface area (Å²) < 4.78 is 40.1. The standard InChI is InChI=1S/C13H18FNO5S/c1-9-11(14)7-10(13(17)18)8-12(9)21(19,20)15-5-3-2-4-6-16/h7-8,15-16H,2-6H2,1H3,(H,17,18). The average Bonchev–Trinajstić information content (AvgIpc) is 2.40. The average molecular weight is 319 g/mol. The summed E-state index contributed by atoms with van der Waals surface area (Å²) in [5.41, 5.74) is -0.540. The van der Waals surface area contributed by atoms with E-state index in [0.29, 0.717) is 19.3 Å².